The van der Waals surface area contributed by atoms with Gasteiger partial charge >= 0.3 is 0 Å². The quantitative estimate of drug-likeness (QED) is 0.721. The van der Waals surface area contributed by atoms with E-state index in [0.717, 1.165) is 40.6 Å². The molecule has 0 aliphatic rings. The monoisotopic (exact) mass is 255 g/mol. The third kappa shape index (κ3) is 2.03. The van der Waals surface area contributed by atoms with E-state index in [1.165, 1.54) is 0 Å². The first kappa shape index (κ1) is 12.0. The fraction of sp³-hybridized carbons (Fsp3) is 0.333. The number of hydrogen-bond donors (Lipinski definition) is 0. The Balaban J connectivity index is 2.08. The molecular formula is C15H17N3O. The molecule has 0 saturated heterocycles. The second-order valence-electron chi connectivity index (χ2n) is 4.71. The van der Waals surface area contributed by atoms with Crippen LogP contribution in [0.15, 0.2) is 28.7 Å². The second-order valence-corrected chi connectivity index (χ2v) is 4.71. The van der Waals surface area contributed by atoms with Crippen molar-refractivity contribution in [3.05, 3.63) is 47.4 Å². The van der Waals surface area contributed by atoms with Crippen molar-refractivity contribution in [1.82, 2.24) is 14.5 Å². The van der Waals surface area contributed by atoms with E-state index in [2.05, 4.69) is 27.5 Å². The number of oxazole rings is 1. The van der Waals surface area contributed by atoms with Crippen LogP contribution in [0.2, 0.25) is 0 Å². The van der Waals surface area contributed by atoms with E-state index in [1.54, 1.807) is 0 Å². The number of rotatable bonds is 3. The molecule has 0 N–H and O–H groups in total. The molecule has 4 nitrogen and oxygen atoms in total. The zero-order valence-corrected chi connectivity index (χ0v) is 11.5. The maximum Gasteiger partial charge on any atom is 0.214 e. The van der Waals surface area contributed by atoms with Gasteiger partial charge in [0.05, 0.1) is 16.7 Å². The molecule has 98 valence electrons. The number of para-hydroxylation sites is 2. The van der Waals surface area contributed by atoms with Crippen LogP contribution in [0.1, 0.15) is 30.1 Å². The highest BCUT2D eigenvalue weighted by atomic mass is 16.4. The number of imidazole rings is 1. The van der Waals surface area contributed by atoms with Crippen molar-refractivity contribution >= 4 is 11.0 Å². The predicted molar refractivity (Wildman–Crippen MR) is 74.2 cm³/mol. The maximum atomic E-state index is 5.68. The summed E-state index contributed by atoms with van der Waals surface area (Å²) >= 11 is 0. The van der Waals surface area contributed by atoms with Gasteiger partial charge in [0.25, 0.3) is 0 Å². The summed E-state index contributed by atoms with van der Waals surface area (Å²) in [6.45, 7) is 6.66. The van der Waals surface area contributed by atoms with E-state index in [4.69, 9.17) is 4.42 Å². The SMILES string of the molecule is CCc1nc2ccccc2n1Cc1nc(C)c(C)o1. The van der Waals surface area contributed by atoms with Gasteiger partial charge in [0.2, 0.25) is 5.89 Å². The van der Waals surface area contributed by atoms with E-state index < -0.39 is 0 Å². The highest BCUT2D eigenvalue weighted by Crippen LogP contribution is 2.19. The average molecular weight is 255 g/mol. The summed E-state index contributed by atoms with van der Waals surface area (Å²) in [5.41, 5.74) is 3.12. The van der Waals surface area contributed by atoms with Crippen molar-refractivity contribution in [2.45, 2.75) is 33.7 Å². The lowest BCUT2D eigenvalue weighted by Gasteiger charge is -2.04. The van der Waals surface area contributed by atoms with Gasteiger partial charge in [-0.3, -0.25) is 0 Å². The van der Waals surface area contributed by atoms with Crippen molar-refractivity contribution < 1.29 is 4.42 Å². The Hall–Kier alpha value is -2.10. The van der Waals surface area contributed by atoms with Crippen LogP contribution in [-0.2, 0) is 13.0 Å². The number of nitrogens with zero attached hydrogens (tertiary/aromatic N) is 3. The normalized spacial score (nSPS) is 11.3. The summed E-state index contributed by atoms with van der Waals surface area (Å²) in [5.74, 6) is 2.69. The molecule has 2 aromatic heterocycles. The summed E-state index contributed by atoms with van der Waals surface area (Å²) in [7, 11) is 0. The summed E-state index contributed by atoms with van der Waals surface area (Å²) in [4.78, 5) is 9.10. The molecule has 0 bridgehead atoms. The Kier molecular flexibility index (Phi) is 2.85. The second kappa shape index (κ2) is 4.53. The highest BCUT2D eigenvalue weighted by molar-refractivity contribution is 5.75. The molecule has 3 rings (SSSR count). The molecule has 0 saturated carbocycles. The zero-order valence-electron chi connectivity index (χ0n) is 11.5. The molecule has 0 radical (unpaired) electrons. The maximum absolute atomic E-state index is 5.68. The third-order valence-corrected chi connectivity index (χ3v) is 3.42. The lowest BCUT2D eigenvalue weighted by molar-refractivity contribution is 0.456. The Morgan fingerprint density at radius 3 is 2.63 bits per heavy atom. The van der Waals surface area contributed by atoms with Gasteiger partial charge in [-0.1, -0.05) is 19.1 Å². The molecule has 0 amide bonds. The Bertz CT molecular complexity index is 705. The van der Waals surface area contributed by atoms with E-state index in [9.17, 15) is 0 Å². The first-order valence-corrected chi connectivity index (χ1v) is 6.56. The Labute approximate surface area is 112 Å². The number of aromatic nitrogens is 3. The van der Waals surface area contributed by atoms with Crippen LogP contribution < -0.4 is 0 Å². The fourth-order valence-electron chi connectivity index (χ4n) is 2.31. The molecule has 0 fully saturated rings. The van der Waals surface area contributed by atoms with Crippen LogP contribution in [0.25, 0.3) is 11.0 Å². The van der Waals surface area contributed by atoms with Crippen LogP contribution in [-0.4, -0.2) is 14.5 Å². The Morgan fingerprint density at radius 1 is 1.16 bits per heavy atom. The summed E-state index contributed by atoms with van der Waals surface area (Å²) in [6.07, 6.45) is 0.896. The molecule has 0 aliphatic heterocycles. The standard InChI is InChI=1S/C15H17N3O/c1-4-14-17-12-7-5-6-8-13(12)18(14)9-15-16-10(2)11(3)19-15/h5-8H,4,9H2,1-3H3. The molecule has 0 aliphatic carbocycles. The fourth-order valence-corrected chi connectivity index (χ4v) is 2.31. The predicted octanol–water partition coefficient (Wildman–Crippen LogP) is 3.25. The minimum absolute atomic E-state index is 0.637. The van der Waals surface area contributed by atoms with Crippen molar-refractivity contribution in [3.63, 3.8) is 0 Å². The lowest BCUT2D eigenvalue weighted by Crippen LogP contribution is -2.04. The number of benzene rings is 1. The lowest BCUT2D eigenvalue weighted by atomic mass is 10.3. The first-order chi connectivity index (χ1) is 9.19. The number of fused-ring (bicyclic) bond motifs is 1. The van der Waals surface area contributed by atoms with Crippen molar-refractivity contribution in [3.8, 4) is 0 Å². The molecule has 0 atom stereocenters. The van der Waals surface area contributed by atoms with Gasteiger partial charge in [0.1, 0.15) is 18.1 Å². The average Bonchev–Trinajstić information content (AvgIpc) is 2.92. The molecule has 2 heterocycles. The van der Waals surface area contributed by atoms with E-state index in [0.29, 0.717) is 6.54 Å². The first-order valence-electron chi connectivity index (χ1n) is 6.56. The highest BCUT2D eigenvalue weighted by Gasteiger charge is 2.12. The topological polar surface area (TPSA) is 43.9 Å². The van der Waals surface area contributed by atoms with Crippen LogP contribution >= 0.6 is 0 Å². The minimum atomic E-state index is 0.637. The van der Waals surface area contributed by atoms with Crippen molar-refractivity contribution in [2.75, 3.05) is 0 Å². The van der Waals surface area contributed by atoms with Gasteiger partial charge in [-0.15, -0.1) is 0 Å². The molecule has 0 unspecified atom stereocenters. The zero-order chi connectivity index (χ0) is 13.4. The van der Waals surface area contributed by atoms with E-state index >= 15 is 0 Å². The van der Waals surface area contributed by atoms with Crippen LogP contribution in [0, 0.1) is 13.8 Å². The van der Waals surface area contributed by atoms with Gasteiger partial charge in [-0.05, 0) is 26.0 Å². The molecule has 3 aromatic rings. The van der Waals surface area contributed by atoms with E-state index in [1.807, 2.05) is 32.0 Å². The van der Waals surface area contributed by atoms with Crippen LogP contribution in [0.3, 0.4) is 0 Å². The molecule has 4 heteroatoms. The van der Waals surface area contributed by atoms with Gasteiger partial charge in [-0.2, -0.15) is 0 Å². The van der Waals surface area contributed by atoms with E-state index in [-0.39, 0.29) is 0 Å². The number of aryl methyl sites for hydroxylation is 3. The van der Waals surface area contributed by atoms with Crippen molar-refractivity contribution in [2.24, 2.45) is 0 Å². The van der Waals surface area contributed by atoms with Crippen molar-refractivity contribution in [1.29, 1.82) is 0 Å². The summed E-state index contributed by atoms with van der Waals surface area (Å²) < 4.78 is 7.86. The van der Waals surface area contributed by atoms with Gasteiger partial charge in [-0.25, -0.2) is 9.97 Å². The Morgan fingerprint density at radius 2 is 1.95 bits per heavy atom. The van der Waals surface area contributed by atoms with Crippen LogP contribution in [0.5, 0.6) is 0 Å². The van der Waals surface area contributed by atoms with Crippen LogP contribution in [0.4, 0.5) is 0 Å². The molecule has 0 spiro atoms. The summed E-state index contributed by atoms with van der Waals surface area (Å²) in [5, 5.41) is 0. The van der Waals surface area contributed by atoms with Gasteiger partial charge in [0, 0.05) is 6.42 Å². The third-order valence-electron chi connectivity index (χ3n) is 3.42. The molecule has 1 aromatic carbocycles. The summed E-state index contributed by atoms with van der Waals surface area (Å²) in [6, 6.07) is 8.17. The number of hydrogen-bond acceptors (Lipinski definition) is 3. The van der Waals surface area contributed by atoms with Gasteiger partial charge in [0.15, 0.2) is 0 Å². The minimum Gasteiger partial charge on any atom is -0.444 e. The largest absolute Gasteiger partial charge is 0.444 e. The smallest absolute Gasteiger partial charge is 0.214 e. The molecular weight excluding hydrogens is 238 g/mol. The molecule has 19 heavy (non-hydrogen) atoms. The van der Waals surface area contributed by atoms with Gasteiger partial charge < -0.3 is 8.98 Å².